The molecular formula is C10H20O2. The van der Waals surface area contributed by atoms with Gasteiger partial charge in [0.05, 0.1) is 0 Å². The molecule has 0 aromatic rings. The molecule has 0 aliphatic carbocycles. The second-order valence-electron chi connectivity index (χ2n) is 2.92. The van der Waals surface area contributed by atoms with Crippen molar-refractivity contribution in [1.29, 1.82) is 0 Å². The smallest absolute Gasteiger partial charge is 0.146 e. The average molecular weight is 172 g/mol. The summed E-state index contributed by atoms with van der Waals surface area (Å²) in [5, 5.41) is 0. The Labute approximate surface area is 75.6 Å². The third kappa shape index (κ3) is 7.76. The van der Waals surface area contributed by atoms with E-state index < -0.39 is 0 Å². The van der Waals surface area contributed by atoms with E-state index in [1.165, 1.54) is 0 Å². The summed E-state index contributed by atoms with van der Waals surface area (Å²) in [4.78, 5) is 0. The Balaban J connectivity index is 3.19. The minimum Gasteiger partial charge on any atom is -0.359 e. The number of hydrogen-bond donors (Lipinski definition) is 0. The van der Waals surface area contributed by atoms with Gasteiger partial charge in [0.25, 0.3) is 0 Å². The van der Waals surface area contributed by atoms with E-state index in [1.54, 1.807) is 7.11 Å². The Morgan fingerprint density at radius 2 is 2.17 bits per heavy atom. The molecule has 0 fully saturated rings. The van der Waals surface area contributed by atoms with Crippen LogP contribution in [-0.4, -0.2) is 20.5 Å². The summed E-state index contributed by atoms with van der Waals surface area (Å²) < 4.78 is 9.94. The maximum atomic E-state index is 5.18. The Bertz CT molecular complexity index is 110. The summed E-state index contributed by atoms with van der Waals surface area (Å²) in [6.07, 6.45) is 6.61. The number of allylic oxidation sites excluding steroid dienone is 2. The van der Waals surface area contributed by atoms with Gasteiger partial charge in [-0.05, 0) is 18.8 Å². The van der Waals surface area contributed by atoms with Crippen LogP contribution in [0, 0.1) is 5.92 Å². The van der Waals surface area contributed by atoms with Gasteiger partial charge in [0.1, 0.15) is 6.79 Å². The van der Waals surface area contributed by atoms with Crippen molar-refractivity contribution in [2.75, 3.05) is 20.5 Å². The fourth-order valence-electron chi connectivity index (χ4n) is 0.876. The molecule has 2 nitrogen and oxygen atoms in total. The summed E-state index contributed by atoms with van der Waals surface area (Å²) in [6.45, 7) is 5.53. The van der Waals surface area contributed by atoms with E-state index in [4.69, 9.17) is 9.47 Å². The Morgan fingerprint density at radius 3 is 2.75 bits per heavy atom. The monoisotopic (exact) mass is 172 g/mol. The van der Waals surface area contributed by atoms with Gasteiger partial charge in [-0.3, -0.25) is 0 Å². The van der Waals surface area contributed by atoms with Gasteiger partial charge in [0, 0.05) is 13.7 Å². The van der Waals surface area contributed by atoms with E-state index in [-0.39, 0.29) is 0 Å². The van der Waals surface area contributed by atoms with Crippen LogP contribution < -0.4 is 0 Å². The van der Waals surface area contributed by atoms with Crippen LogP contribution in [0.15, 0.2) is 12.2 Å². The molecule has 0 unspecified atom stereocenters. The maximum Gasteiger partial charge on any atom is 0.146 e. The molecule has 72 valence electrons. The van der Waals surface area contributed by atoms with E-state index in [0.29, 0.717) is 12.7 Å². The summed E-state index contributed by atoms with van der Waals surface area (Å²) in [6, 6.07) is 0. The van der Waals surface area contributed by atoms with Crippen LogP contribution in [0.1, 0.15) is 26.7 Å². The lowest BCUT2D eigenvalue weighted by Gasteiger charge is -2.06. The molecule has 0 amide bonds. The number of hydrogen-bond acceptors (Lipinski definition) is 2. The predicted molar refractivity (Wildman–Crippen MR) is 51.0 cm³/mol. The molecule has 0 saturated heterocycles. The second kappa shape index (κ2) is 8.75. The first-order valence-corrected chi connectivity index (χ1v) is 4.54. The molecule has 0 bridgehead atoms. The quantitative estimate of drug-likeness (QED) is 0.334. The zero-order valence-electron chi connectivity index (χ0n) is 8.38. The lowest BCUT2D eigenvalue weighted by Crippen LogP contribution is -2.02. The molecule has 0 aliphatic heterocycles. The van der Waals surface area contributed by atoms with Crippen LogP contribution >= 0.6 is 0 Å². The van der Waals surface area contributed by atoms with Gasteiger partial charge in [-0.2, -0.15) is 0 Å². The van der Waals surface area contributed by atoms with Crippen LogP contribution in [0.5, 0.6) is 0 Å². The third-order valence-corrected chi connectivity index (χ3v) is 1.62. The van der Waals surface area contributed by atoms with Crippen molar-refractivity contribution in [2.45, 2.75) is 26.7 Å². The predicted octanol–water partition coefficient (Wildman–Crippen LogP) is 2.60. The van der Waals surface area contributed by atoms with E-state index >= 15 is 0 Å². The molecule has 1 atom stereocenters. The van der Waals surface area contributed by atoms with Crippen LogP contribution in [-0.2, 0) is 9.47 Å². The molecular weight excluding hydrogens is 152 g/mol. The normalized spacial score (nSPS) is 13.9. The van der Waals surface area contributed by atoms with E-state index in [2.05, 4.69) is 26.0 Å². The van der Waals surface area contributed by atoms with Crippen molar-refractivity contribution >= 4 is 0 Å². The van der Waals surface area contributed by atoms with Crippen LogP contribution in [0.4, 0.5) is 0 Å². The highest BCUT2D eigenvalue weighted by atomic mass is 16.7. The van der Waals surface area contributed by atoms with Crippen LogP contribution in [0.2, 0.25) is 0 Å². The second-order valence-corrected chi connectivity index (χ2v) is 2.92. The number of ether oxygens (including phenoxy) is 2. The Kier molecular flexibility index (Phi) is 8.51. The molecule has 0 heterocycles. The van der Waals surface area contributed by atoms with Crippen molar-refractivity contribution in [3.8, 4) is 0 Å². The zero-order valence-corrected chi connectivity index (χ0v) is 8.38. The topological polar surface area (TPSA) is 18.5 Å². The first kappa shape index (κ1) is 11.7. The fraction of sp³-hybridized carbons (Fsp3) is 0.800. The fourth-order valence-corrected chi connectivity index (χ4v) is 0.876. The van der Waals surface area contributed by atoms with Gasteiger partial charge >= 0.3 is 0 Å². The Morgan fingerprint density at radius 1 is 1.42 bits per heavy atom. The molecule has 0 aliphatic rings. The molecule has 0 aromatic heterocycles. The molecule has 0 radical (unpaired) electrons. The van der Waals surface area contributed by atoms with Crippen molar-refractivity contribution in [3.05, 3.63) is 12.2 Å². The summed E-state index contributed by atoms with van der Waals surface area (Å²) in [5.41, 5.74) is 0. The third-order valence-electron chi connectivity index (χ3n) is 1.62. The molecule has 0 aromatic carbocycles. The van der Waals surface area contributed by atoms with Crippen molar-refractivity contribution in [2.24, 2.45) is 5.92 Å². The first-order chi connectivity index (χ1) is 5.81. The van der Waals surface area contributed by atoms with Crippen LogP contribution in [0.3, 0.4) is 0 Å². The first-order valence-electron chi connectivity index (χ1n) is 4.54. The van der Waals surface area contributed by atoms with Crippen molar-refractivity contribution in [3.63, 3.8) is 0 Å². The minimum atomic E-state index is 0.407. The lowest BCUT2D eigenvalue weighted by molar-refractivity contribution is -0.0329. The number of rotatable bonds is 7. The van der Waals surface area contributed by atoms with Gasteiger partial charge in [-0.25, -0.2) is 0 Å². The van der Waals surface area contributed by atoms with Gasteiger partial charge in [-0.15, -0.1) is 0 Å². The molecule has 0 N–H and O–H groups in total. The zero-order chi connectivity index (χ0) is 9.23. The maximum absolute atomic E-state index is 5.18. The van der Waals surface area contributed by atoms with Gasteiger partial charge < -0.3 is 9.47 Å². The van der Waals surface area contributed by atoms with E-state index in [9.17, 15) is 0 Å². The molecule has 0 saturated carbocycles. The summed E-state index contributed by atoms with van der Waals surface area (Å²) in [5.74, 6) is 0.613. The van der Waals surface area contributed by atoms with Crippen molar-refractivity contribution < 1.29 is 9.47 Å². The highest BCUT2D eigenvalue weighted by molar-refractivity contribution is 4.84. The van der Waals surface area contributed by atoms with Gasteiger partial charge in [0.2, 0.25) is 0 Å². The van der Waals surface area contributed by atoms with Crippen LogP contribution in [0.25, 0.3) is 0 Å². The van der Waals surface area contributed by atoms with E-state index in [0.717, 1.165) is 19.4 Å². The summed E-state index contributed by atoms with van der Waals surface area (Å²) >= 11 is 0. The summed E-state index contributed by atoms with van der Waals surface area (Å²) in [7, 11) is 1.64. The van der Waals surface area contributed by atoms with Gasteiger partial charge in [0.15, 0.2) is 0 Å². The Hall–Kier alpha value is -0.340. The standard InChI is InChI=1S/C10H20O2/c1-4-5-6-10(2)7-8-12-9-11-3/h5-6,10H,4,7-9H2,1-3H3/t10-/m1/s1. The lowest BCUT2D eigenvalue weighted by atomic mass is 10.1. The molecule has 12 heavy (non-hydrogen) atoms. The SMILES string of the molecule is CCC=C[C@@H](C)CCOCOC. The minimum absolute atomic E-state index is 0.407. The number of methoxy groups -OCH3 is 1. The molecule has 0 rings (SSSR count). The van der Waals surface area contributed by atoms with Gasteiger partial charge in [-0.1, -0.05) is 26.0 Å². The van der Waals surface area contributed by atoms with E-state index in [1.807, 2.05) is 0 Å². The highest BCUT2D eigenvalue weighted by Gasteiger charge is 1.95. The van der Waals surface area contributed by atoms with Crippen molar-refractivity contribution in [1.82, 2.24) is 0 Å². The average Bonchev–Trinajstić information content (AvgIpc) is 2.09. The molecule has 0 spiro atoms. The largest absolute Gasteiger partial charge is 0.359 e. The molecule has 2 heteroatoms. The highest BCUT2D eigenvalue weighted by Crippen LogP contribution is 2.04.